The third-order valence-corrected chi connectivity index (χ3v) is 2.76. The number of carbonyl (C=O) groups is 1. The van der Waals surface area contributed by atoms with Crippen LogP contribution in [0.3, 0.4) is 0 Å². The molecule has 0 bridgehead atoms. The molecule has 0 saturated heterocycles. The fraction of sp³-hybridized carbons (Fsp3) is 0.214. The number of hydroxylamine groups is 1. The molecule has 0 atom stereocenters. The van der Waals surface area contributed by atoms with E-state index in [4.69, 9.17) is 4.74 Å². The van der Waals surface area contributed by atoms with Gasteiger partial charge in [-0.1, -0.05) is 18.2 Å². The number of benzene rings is 2. The molecule has 2 aromatic rings. The van der Waals surface area contributed by atoms with Gasteiger partial charge in [-0.05, 0) is 34.5 Å². The number of urea groups is 1. The Kier molecular flexibility index (Phi) is 4.20. The van der Waals surface area contributed by atoms with Gasteiger partial charge in [-0.3, -0.25) is 4.84 Å². The highest BCUT2D eigenvalue weighted by atomic mass is 16.6. The van der Waals surface area contributed by atoms with Crippen molar-refractivity contribution in [3.8, 4) is 5.75 Å². The zero-order valence-electron chi connectivity index (χ0n) is 10.9. The van der Waals surface area contributed by atoms with Crippen molar-refractivity contribution in [2.24, 2.45) is 0 Å². The molecule has 100 valence electrons. The number of amides is 2. The summed E-state index contributed by atoms with van der Waals surface area (Å²) < 4.78 is 5.18. The van der Waals surface area contributed by atoms with E-state index in [1.54, 1.807) is 7.11 Å². The predicted octanol–water partition coefficient (Wildman–Crippen LogP) is 2.21. The molecule has 0 aliphatic rings. The number of fused-ring (bicyclic) bond motifs is 1. The number of carbonyl (C=O) groups excluding carboxylic acids is 1. The lowest BCUT2D eigenvalue weighted by molar-refractivity contribution is 0.107. The van der Waals surface area contributed by atoms with Gasteiger partial charge in [0.2, 0.25) is 0 Å². The molecule has 2 amide bonds. The Hall–Kier alpha value is -2.27. The molecule has 2 rings (SSSR count). The molecule has 0 fully saturated rings. The molecule has 0 heterocycles. The molecule has 0 spiro atoms. The van der Waals surface area contributed by atoms with Crippen molar-refractivity contribution < 1.29 is 14.4 Å². The van der Waals surface area contributed by atoms with Gasteiger partial charge in [0.15, 0.2) is 0 Å². The van der Waals surface area contributed by atoms with Crippen LogP contribution in [0.2, 0.25) is 0 Å². The summed E-state index contributed by atoms with van der Waals surface area (Å²) in [6.07, 6.45) is 0. The normalized spacial score (nSPS) is 10.2. The molecule has 5 heteroatoms. The third kappa shape index (κ3) is 3.35. The van der Waals surface area contributed by atoms with E-state index in [0.29, 0.717) is 6.54 Å². The highest BCUT2D eigenvalue weighted by molar-refractivity contribution is 5.84. The summed E-state index contributed by atoms with van der Waals surface area (Å²) in [6.45, 7) is 0.442. The van der Waals surface area contributed by atoms with Gasteiger partial charge in [-0.25, -0.2) is 10.3 Å². The standard InChI is InChI=1S/C14H16N2O3/c1-18-13-6-5-11-7-10(3-4-12(11)8-13)9-15-14(17)16-19-2/h3-8H,9H2,1-2H3,(H2,15,16,17). The van der Waals surface area contributed by atoms with E-state index in [1.165, 1.54) is 7.11 Å². The van der Waals surface area contributed by atoms with Crippen LogP contribution in [0.1, 0.15) is 5.56 Å². The second-order valence-electron chi connectivity index (χ2n) is 4.04. The highest BCUT2D eigenvalue weighted by Gasteiger charge is 2.01. The average molecular weight is 260 g/mol. The summed E-state index contributed by atoms with van der Waals surface area (Å²) in [5.74, 6) is 0.831. The van der Waals surface area contributed by atoms with Gasteiger partial charge >= 0.3 is 6.03 Å². The molecule has 2 N–H and O–H groups in total. The van der Waals surface area contributed by atoms with E-state index < -0.39 is 0 Å². The van der Waals surface area contributed by atoms with Crippen molar-refractivity contribution in [1.29, 1.82) is 0 Å². The molecule has 19 heavy (non-hydrogen) atoms. The van der Waals surface area contributed by atoms with Crippen LogP contribution in [0.4, 0.5) is 4.79 Å². The van der Waals surface area contributed by atoms with Crippen molar-refractivity contribution in [3.63, 3.8) is 0 Å². The summed E-state index contributed by atoms with van der Waals surface area (Å²) >= 11 is 0. The average Bonchev–Trinajstić information content (AvgIpc) is 2.44. The van der Waals surface area contributed by atoms with Crippen molar-refractivity contribution >= 4 is 16.8 Å². The van der Waals surface area contributed by atoms with E-state index in [1.807, 2.05) is 36.4 Å². The fourth-order valence-corrected chi connectivity index (χ4v) is 1.82. The van der Waals surface area contributed by atoms with Crippen molar-refractivity contribution in [3.05, 3.63) is 42.0 Å². The van der Waals surface area contributed by atoms with E-state index in [9.17, 15) is 4.79 Å². The summed E-state index contributed by atoms with van der Waals surface area (Å²) in [7, 11) is 3.04. The Balaban J connectivity index is 2.11. The zero-order valence-corrected chi connectivity index (χ0v) is 10.9. The Bertz CT molecular complexity index is 584. The maximum atomic E-state index is 11.2. The van der Waals surface area contributed by atoms with Crippen LogP contribution in [0.15, 0.2) is 36.4 Å². The zero-order chi connectivity index (χ0) is 13.7. The lowest BCUT2D eigenvalue weighted by atomic mass is 10.1. The third-order valence-electron chi connectivity index (χ3n) is 2.76. The Morgan fingerprint density at radius 2 is 1.84 bits per heavy atom. The first kappa shape index (κ1) is 13.2. The minimum Gasteiger partial charge on any atom is -0.497 e. The van der Waals surface area contributed by atoms with Crippen LogP contribution < -0.4 is 15.5 Å². The second-order valence-corrected chi connectivity index (χ2v) is 4.04. The maximum absolute atomic E-state index is 11.2. The number of methoxy groups -OCH3 is 1. The first-order chi connectivity index (χ1) is 9.22. The minimum atomic E-state index is -0.364. The number of rotatable bonds is 4. The molecular weight excluding hydrogens is 244 g/mol. The van der Waals surface area contributed by atoms with Crippen molar-refractivity contribution in [2.75, 3.05) is 14.2 Å². The Morgan fingerprint density at radius 3 is 2.58 bits per heavy atom. The van der Waals surface area contributed by atoms with Gasteiger partial charge in [0.05, 0.1) is 14.2 Å². The largest absolute Gasteiger partial charge is 0.497 e. The van der Waals surface area contributed by atoms with Crippen LogP contribution in [0.5, 0.6) is 5.75 Å². The molecule has 0 aromatic heterocycles. The first-order valence-corrected chi connectivity index (χ1v) is 5.86. The van der Waals surface area contributed by atoms with Crippen LogP contribution in [-0.2, 0) is 11.4 Å². The molecule has 0 aliphatic heterocycles. The fourth-order valence-electron chi connectivity index (χ4n) is 1.82. The van der Waals surface area contributed by atoms with E-state index in [-0.39, 0.29) is 6.03 Å². The van der Waals surface area contributed by atoms with E-state index in [0.717, 1.165) is 22.1 Å². The van der Waals surface area contributed by atoms with Crippen LogP contribution in [-0.4, -0.2) is 20.3 Å². The van der Waals surface area contributed by atoms with Crippen LogP contribution in [0, 0.1) is 0 Å². The monoisotopic (exact) mass is 260 g/mol. The smallest absolute Gasteiger partial charge is 0.338 e. The second kappa shape index (κ2) is 6.06. The summed E-state index contributed by atoms with van der Waals surface area (Å²) in [5.41, 5.74) is 3.22. The number of nitrogens with one attached hydrogen (secondary N) is 2. The molecule has 0 radical (unpaired) electrons. The van der Waals surface area contributed by atoms with Gasteiger partial charge in [0.25, 0.3) is 0 Å². The van der Waals surface area contributed by atoms with Crippen LogP contribution in [0.25, 0.3) is 10.8 Å². The van der Waals surface area contributed by atoms with E-state index >= 15 is 0 Å². The summed E-state index contributed by atoms with van der Waals surface area (Å²) in [5, 5.41) is 4.89. The minimum absolute atomic E-state index is 0.364. The number of hydrogen-bond donors (Lipinski definition) is 2. The number of ether oxygens (including phenoxy) is 1. The summed E-state index contributed by atoms with van der Waals surface area (Å²) in [6, 6.07) is 11.5. The molecule has 0 saturated carbocycles. The molecular formula is C14H16N2O3. The maximum Gasteiger partial charge on any atom is 0.338 e. The lowest BCUT2D eigenvalue weighted by Gasteiger charge is -2.07. The van der Waals surface area contributed by atoms with Gasteiger partial charge in [-0.2, -0.15) is 0 Å². The van der Waals surface area contributed by atoms with Crippen molar-refractivity contribution in [1.82, 2.24) is 10.8 Å². The Morgan fingerprint density at radius 1 is 1.11 bits per heavy atom. The molecule has 0 unspecified atom stereocenters. The first-order valence-electron chi connectivity index (χ1n) is 5.86. The van der Waals surface area contributed by atoms with Crippen molar-refractivity contribution in [2.45, 2.75) is 6.54 Å². The summed E-state index contributed by atoms with van der Waals surface area (Å²) in [4.78, 5) is 15.7. The predicted molar refractivity (Wildman–Crippen MR) is 72.9 cm³/mol. The highest BCUT2D eigenvalue weighted by Crippen LogP contribution is 2.21. The molecule has 2 aromatic carbocycles. The number of hydrogen-bond acceptors (Lipinski definition) is 3. The Labute approximate surface area is 111 Å². The van der Waals surface area contributed by atoms with Gasteiger partial charge in [0.1, 0.15) is 5.75 Å². The van der Waals surface area contributed by atoms with Gasteiger partial charge in [0, 0.05) is 6.54 Å². The SMILES string of the molecule is CONC(=O)NCc1ccc2cc(OC)ccc2c1. The quantitative estimate of drug-likeness (QED) is 0.829. The van der Waals surface area contributed by atoms with Gasteiger partial charge < -0.3 is 10.1 Å². The molecule has 5 nitrogen and oxygen atoms in total. The van der Waals surface area contributed by atoms with Crippen LogP contribution >= 0.6 is 0 Å². The van der Waals surface area contributed by atoms with E-state index in [2.05, 4.69) is 15.6 Å². The topological polar surface area (TPSA) is 59.6 Å². The lowest BCUT2D eigenvalue weighted by Crippen LogP contribution is -2.34. The molecule has 0 aliphatic carbocycles. The van der Waals surface area contributed by atoms with Gasteiger partial charge in [-0.15, -0.1) is 0 Å².